The van der Waals surface area contributed by atoms with E-state index in [0.717, 1.165) is 24.7 Å². The van der Waals surface area contributed by atoms with Gasteiger partial charge in [-0.25, -0.2) is 8.42 Å². The van der Waals surface area contributed by atoms with Gasteiger partial charge in [0.05, 0.1) is 41.3 Å². The van der Waals surface area contributed by atoms with Crippen molar-refractivity contribution >= 4 is 16.1 Å². The quantitative estimate of drug-likeness (QED) is 0.449. The van der Waals surface area contributed by atoms with Crippen molar-refractivity contribution in [3.05, 3.63) is 30.3 Å². The van der Waals surface area contributed by atoms with Crippen molar-refractivity contribution in [2.75, 3.05) is 52.8 Å². The number of rotatable bonds is 6. The van der Waals surface area contributed by atoms with E-state index in [9.17, 15) is 13.0 Å². The van der Waals surface area contributed by atoms with Crippen LogP contribution >= 0.6 is 0 Å². The number of benzene rings is 1. The Labute approximate surface area is 128 Å². The third-order valence-corrected chi connectivity index (χ3v) is 3.16. The Morgan fingerprint density at radius 3 is 2.00 bits per heavy atom. The summed E-state index contributed by atoms with van der Waals surface area (Å²) in [7, 11) is 3.10. The van der Waals surface area contributed by atoms with Gasteiger partial charge in [-0.1, -0.05) is 18.2 Å². The van der Waals surface area contributed by atoms with Gasteiger partial charge in [-0.05, 0) is 19.1 Å². The minimum Gasteiger partial charge on any atom is -0.726 e. The highest BCUT2D eigenvalue weighted by Crippen LogP contribution is 2.12. The van der Waals surface area contributed by atoms with Crippen LogP contribution in [0.1, 0.15) is 6.92 Å². The van der Waals surface area contributed by atoms with E-state index in [0.29, 0.717) is 0 Å². The second-order valence-corrected chi connectivity index (χ2v) is 6.65. The molecule has 0 atom stereocenters. The molecule has 6 nitrogen and oxygen atoms in total. The number of anilines is 1. The predicted molar refractivity (Wildman–Crippen MR) is 83.9 cm³/mol. The molecule has 0 fully saturated rings. The van der Waals surface area contributed by atoms with Crippen molar-refractivity contribution in [2.45, 2.75) is 6.92 Å². The molecule has 0 aliphatic heterocycles. The van der Waals surface area contributed by atoms with Crippen molar-refractivity contribution in [1.82, 2.24) is 0 Å². The Hall–Kier alpha value is -1.15. The largest absolute Gasteiger partial charge is 0.726 e. The molecule has 7 heteroatoms. The molecule has 0 spiro atoms. The molecule has 21 heavy (non-hydrogen) atoms. The summed E-state index contributed by atoms with van der Waals surface area (Å²) in [4.78, 5) is 2.42. The van der Waals surface area contributed by atoms with Crippen LogP contribution in [0, 0.1) is 0 Å². The van der Waals surface area contributed by atoms with Crippen molar-refractivity contribution in [2.24, 2.45) is 0 Å². The molecule has 1 rings (SSSR count). The molecule has 122 valence electrons. The molecule has 0 saturated carbocycles. The highest BCUT2D eigenvalue weighted by Gasteiger charge is 2.10. The van der Waals surface area contributed by atoms with E-state index in [1.165, 1.54) is 12.2 Å². The van der Waals surface area contributed by atoms with Gasteiger partial charge in [0.2, 0.25) is 10.4 Å². The topological polar surface area (TPSA) is 69.7 Å². The molecule has 0 heterocycles. The van der Waals surface area contributed by atoms with E-state index in [4.69, 9.17) is 0 Å². The fourth-order valence-corrected chi connectivity index (χ4v) is 1.53. The number of hydrogen-bond acceptors (Lipinski definition) is 5. The molecule has 0 aliphatic carbocycles. The summed E-state index contributed by atoms with van der Waals surface area (Å²) in [6, 6.07) is 10.6. The van der Waals surface area contributed by atoms with Gasteiger partial charge in [-0.2, -0.15) is 0 Å². The fourth-order valence-electron chi connectivity index (χ4n) is 1.53. The van der Waals surface area contributed by atoms with Gasteiger partial charge in [0, 0.05) is 12.2 Å². The molecule has 0 aromatic heterocycles. The first-order valence-electron chi connectivity index (χ1n) is 6.71. The molecule has 0 N–H and O–H groups in total. The van der Waals surface area contributed by atoms with Gasteiger partial charge in [-0.3, -0.25) is 4.18 Å². The molecule has 0 radical (unpaired) electrons. The lowest BCUT2D eigenvalue weighted by atomic mass is 10.3. The third kappa shape index (κ3) is 11.2. The van der Waals surface area contributed by atoms with Crippen LogP contribution < -0.4 is 4.90 Å². The number of hydrogen-bond donors (Lipinski definition) is 0. The summed E-state index contributed by atoms with van der Waals surface area (Å²) in [6.45, 7) is 5.57. The second-order valence-electron chi connectivity index (χ2n) is 5.50. The van der Waals surface area contributed by atoms with Gasteiger partial charge < -0.3 is 13.9 Å². The van der Waals surface area contributed by atoms with Crippen LogP contribution in [0.3, 0.4) is 0 Å². The highest BCUT2D eigenvalue weighted by molar-refractivity contribution is 7.80. The maximum atomic E-state index is 9.22. The first-order chi connectivity index (χ1) is 9.59. The molecule has 0 saturated heterocycles. The van der Waals surface area contributed by atoms with Gasteiger partial charge in [0.15, 0.2) is 0 Å². The van der Waals surface area contributed by atoms with Gasteiger partial charge >= 0.3 is 0 Å². The Balaban J connectivity index is 0.000000567. The van der Waals surface area contributed by atoms with E-state index in [-0.39, 0.29) is 0 Å². The Morgan fingerprint density at radius 1 is 1.19 bits per heavy atom. The van der Waals surface area contributed by atoms with Crippen molar-refractivity contribution < 1.29 is 21.6 Å². The van der Waals surface area contributed by atoms with Crippen LogP contribution in [0.5, 0.6) is 0 Å². The van der Waals surface area contributed by atoms with E-state index in [1.807, 2.05) is 0 Å². The standard InChI is InChI=1S/C13H23N2.CH4O4S/c1-5-14(11-12-15(2,3)4)13-9-7-6-8-10-13;1-5-6(2,3)4/h6-10H,5,11-12H2,1-4H3;1H3,(H,2,3,4)/q+1;/p-1. The minimum atomic E-state index is -4.41. The molecular formula is C14H26N2O4S. The fraction of sp³-hybridized carbons (Fsp3) is 0.571. The van der Waals surface area contributed by atoms with Crippen LogP contribution in [-0.2, 0) is 14.6 Å². The summed E-state index contributed by atoms with van der Waals surface area (Å²) in [5, 5.41) is 0. The molecule has 1 aromatic carbocycles. The Bertz CT molecular complexity index is 483. The molecule has 0 unspecified atom stereocenters. The summed E-state index contributed by atoms with van der Waals surface area (Å²) in [5.41, 5.74) is 1.33. The predicted octanol–water partition coefficient (Wildman–Crippen LogP) is 1.31. The van der Waals surface area contributed by atoms with Crippen molar-refractivity contribution in [3.63, 3.8) is 0 Å². The van der Waals surface area contributed by atoms with Crippen molar-refractivity contribution in [3.8, 4) is 0 Å². The van der Waals surface area contributed by atoms with Crippen LogP contribution in [-0.4, -0.2) is 65.3 Å². The lowest BCUT2D eigenvalue weighted by Gasteiger charge is -2.29. The van der Waals surface area contributed by atoms with Gasteiger partial charge in [0.1, 0.15) is 0 Å². The van der Waals surface area contributed by atoms with Gasteiger partial charge in [-0.15, -0.1) is 0 Å². The zero-order valence-electron chi connectivity index (χ0n) is 13.4. The van der Waals surface area contributed by atoms with Gasteiger partial charge in [0.25, 0.3) is 0 Å². The summed E-state index contributed by atoms with van der Waals surface area (Å²) < 4.78 is 32.0. The first-order valence-corrected chi connectivity index (χ1v) is 8.04. The molecular weight excluding hydrogens is 292 g/mol. The Morgan fingerprint density at radius 2 is 1.67 bits per heavy atom. The Kier molecular flexibility index (Phi) is 8.50. The van der Waals surface area contributed by atoms with Crippen LogP contribution in [0.2, 0.25) is 0 Å². The van der Waals surface area contributed by atoms with Crippen LogP contribution in [0.4, 0.5) is 5.69 Å². The maximum Gasteiger partial charge on any atom is 0.217 e. The number of para-hydroxylation sites is 1. The highest BCUT2D eigenvalue weighted by atomic mass is 32.3. The smallest absolute Gasteiger partial charge is 0.217 e. The number of nitrogens with zero attached hydrogens (tertiary/aromatic N) is 2. The zero-order valence-corrected chi connectivity index (χ0v) is 14.3. The van der Waals surface area contributed by atoms with E-state index >= 15 is 0 Å². The average Bonchev–Trinajstić information content (AvgIpc) is 2.39. The van der Waals surface area contributed by atoms with E-state index in [1.54, 1.807) is 0 Å². The SMILES string of the molecule is CCN(CC[N+](C)(C)C)c1ccccc1.COS(=O)(=O)[O-]. The monoisotopic (exact) mass is 318 g/mol. The second kappa shape index (κ2) is 8.99. The van der Waals surface area contributed by atoms with Crippen LogP contribution in [0.15, 0.2) is 30.3 Å². The maximum absolute atomic E-state index is 9.22. The molecule has 0 bridgehead atoms. The lowest BCUT2D eigenvalue weighted by Crippen LogP contribution is -2.42. The summed E-state index contributed by atoms with van der Waals surface area (Å²) in [5.74, 6) is 0. The molecule has 0 aliphatic rings. The van der Waals surface area contributed by atoms with E-state index in [2.05, 4.69) is 67.5 Å². The first kappa shape index (κ1) is 19.9. The molecule has 1 aromatic rings. The summed E-state index contributed by atoms with van der Waals surface area (Å²) in [6.07, 6.45) is 0. The average molecular weight is 318 g/mol. The summed E-state index contributed by atoms with van der Waals surface area (Å²) >= 11 is 0. The van der Waals surface area contributed by atoms with Crippen LogP contribution in [0.25, 0.3) is 0 Å². The molecule has 0 amide bonds. The lowest BCUT2D eigenvalue weighted by molar-refractivity contribution is -0.868. The van der Waals surface area contributed by atoms with E-state index < -0.39 is 10.4 Å². The minimum absolute atomic E-state index is 0.808. The number of quaternary nitrogens is 1. The number of likely N-dealkylation sites (N-methyl/N-ethyl adjacent to an activating group) is 2. The normalized spacial score (nSPS) is 11.5. The van der Waals surface area contributed by atoms with Crippen molar-refractivity contribution in [1.29, 1.82) is 0 Å². The third-order valence-electron chi connectivity index (χ3n) is 2.75. The zero-order chi connectivity index (χ0) is 16.5.